The summed E-state index contributed by atoms with van der Waals surface area (Å²) in [4.78, 5) is 0. The molecule has 3 nitrogen and oxygen atoms in total. The summed E-state index contributed by atoms with van der Waals surface area (Å²) in [5.41, 5.74) is 2.13. The number of fused-ring (bicyclic) bond motifs is 1. The maximum Gasteiger partial charge on any atom is 0.0773 e. The topological polar surface area (TPSA) is 38.7 Å². The van der Waals surface area contributed by atoms with E-state index in [1.165, 1.54) is 16.9 Å². The van der Waals surface area contributed by atoms with Gasteiger partial charge in [0.25, 0.3) is 0 Å². The molecular formula is C9H11N3S. The van der Waals surface area contributed by atoms with Crippen LogP contribution in [0, 0.1) is 6.92 Å². The molecule has 0 bridgehead atoms. The summed E-state index contributed by atoms with van der Waals surface area (Å²) in [5, 5.41) is 9.13. The first-order chi connectivity index (χ1) is 6.20. The predicted octanol–water partition coefficient (Wildman–Crippen LogP) is 2.52. The molecule has 0 unspecified atom stereocenters. The Hall–Kier alpha value is -1.03. The number of rotatable bonds is 1. The summed E-state index contributed by atoms with van der Waals surface area (Å²) in [6, 6.07) is 0. The van der Waals surface area contributed by atoms with Gasteiger partial charge < -0.3 is 0 Å². The third-order valence-corrected chi connectivity index (χ3v) is 2.83. The fourth-order valence-electron chi connectivity index (χ4n) is 1.38. The summed E-state index contributed by atoms with van der Waals surface area (Å²) in [6.07, 6.45) is 1.78. The first-order valence-electron chi connectivity index (χ1n) is 4.27. The van der Waals surface area contributed by atoms with Crippen LogP contribution in [0.5, 0.6) is 0 Å². The summed E-state index contributed by atoms with van der Waals surface area (Å²) in [7, 11) is 0. The fourth-order valence-corrected chi connectivity index (χ4v) is 2.32. The van der Waals surface area contributed by atoms with E-state index in [1.807, 2.05) is 6.92 Å². The van der Waals surface area contributed by atoms with Crippen LogP contribution < -0.4 is 0 Å². The molecule has 0 aliphatic rings. The quantitative estimate of drug-likeness (QED) is 0.698. The van der Waals surface area contributed by atoms with Crippen molar-refractivity contribution in [2.45, 2.75) is 26.7 Å². The number of aromatic nitrogens is 3. The summed E-state index contributed by atoms with van der Waals surface area (Å²) < 4.78 is 5.55. The molecule has 0 aromatic carbocycles. The summed E-state index contributed by atoms with van der Waals surface area (Å²) >= 11 is 1.50. The molecule has 2 rings (SSSR count). The minimum atomic E-state index is 0.455. The van der Waals surface area contributed by atoms with E-state index in [-0.39, 0.29) is 0 Å². The van der Waals surface area contributed by atoms with Crippen LogP contribution in [-0.2, 0) is 0 Å². The van der Waals surface area contributed by atoms with Crippen molar-refractivity contribution in [3.8, 4) is 0 Å². The van der Waals surface area contributed by atoms with E-state index in [9.17, 15) is 0 Å². The monoisotopic (exact) mass is 193 g/mol. The number of nitrogens with zero attached hydrogens (tertiary/aromatic N) is 3. The molecule has 0 aliphatic carbocycles. The van der Waals surface area contributed by atoms with E-state index in [0.29, 0.717) is 5.92 Å². The third-order valence-electron chi connectivity index (χ3n) is 2.04. The van der Waals surface area contributed by atoms with Gasteiger partial charge in [-0.25, -0.2) is 0 Å². The Bertz CT molecular complexity index is 433. The second-order valence-corrected chi connectivity index (χ2v) is 4.20. The van der Waals surface area contributed by atoms with Crippen LogP contribution in [-0.4, -0.2) is 14.6 Å². The van der Waals surface area contributed by atoms with Crippen molar-refractivity contribution in [1.29, 1.82) is 0 Å². The molecule has 2 heterocycles. The van der Waals surface area contributed by atoms with Crippen molar-refractivity contribution in [1.82, 2.24) is 14.6 Å². The first-order valence-corrected chi connectivity index (χ1v) is 5.05. The van der Waals surface area contributed by atoms with Gasteiger partial charge in [0.1, 0.15) is 0 Å². The Morgan fingerprint density at radius 2 is 2.15 bits per heavy atom. The standard InChI is InChI=1S/C9H11N3S/c1-5(2)9-8-6(3)11-10-4-7(8)13-12-9/h4-5H,1-3H3. The van der Waals surface area contributed by atoms with Crippen LogP contribution in [0.25, 0.3) is 10.1 Å². The number of aryl methyl sites for hydroxylation is 1. The zero-order chi connectivity index (χ0) is 9.42. The lowest BCUT2D eigenvalue weighted by Gasteiger charge is -2.01. The van der Waals surface area contributed by atoms with Gasteiger partial charge in [0.15, 0.2) is 0 Å². The second kappa shape index (κ2) is 3.03. The largest absolute Gasteiger partial charge is 0.196 e. The molecule has 2 aromatic rings. The van der Waals surface area contributed by atoms with Crippen molar-refractivity contribution in [3.63, 3.8) is 0 Å². The maximum atomic E-state index is 4.42. The molecule has 0 saturated heterocycles. The van der Waals surface area contributed by atoms with E-state index in [4.69, 9.17) is 0 Å². The van der Waals surface area contributed by atoms with Crippen LogP contribution in [0.4, 0.5) is 0 Å². The van der Waals surface area contributed by atoms with Gasteiger partial charge in [-0.05, 0) is 24.4 Å². The van der Waals surface area contributed by atoms with Crippen LogP contribution >= 0.6 is 11.5 Å². The van der Waals surface area contributed by atoms with Gasteiger partial charge in [-0.1, -0.05) is 13.8 Å². The van der Waals surface area contributed by atoms with Gasteiger partial charge >= 0.3 is 0 Å². The smallest absolute Gasteiger partial charge is 0.0773 e. The Morgan fingerprint density at radius 3 is 2.85 bits per heavy atom. The fraction of sp³-hybridized carbons (Fsp3) is 0.444. The average Bonchev–Trinajstić information content (AvgIpc) is 2.49. The van der Waals surface area contributed by atoms with Crippen LogP contribution in [0.2, 0.25) is 0 Å². The normalized spacial score (nSPS) is 11.4. The van der Waals surface area contributed by atoms with Gasteiger partial charge in [-0.15, -0.1) is 0 Å². The lowest BCUT2D eigenvalue weighted by atomic mass is 10.1. The molecule has 0 atom stereocenters. The summed E-state index contributed by atoms with van der Waals surface area (Å²) in [6.45, 7) is 6.28. The van der Waals surface area contributed by atoms with E-state index in [0.717, 1.165) is 16.1 Å². The maximum absolute atomic E-state index is 4.42. The van der Waals surface area contributed by atoms with E-state index < -0.39 is 0 Å². The highest BCUT2D eigenvalue weighted by Gasteiger charge is 2.12. The molecular weight excluding hydrogens is 182 g/mol. The average molecular weight is 193 g/mol. The minimum Gasteiger partial charge on any atom is -0.196 e. The Labute approximate surface area is 81.0 Å². The molecule has 68 valence electrons. The minimum absolute atomic E-state index is 0.455. The molecule has 0 fully saturated rings. The van der Waals surface area contributed by atoms with Crippen molar-refractivity contribution >= 4 is 21.6 Å². The molecule has 0 aliphatic heterocycles. The van der Waals surface area contributed by atoms with Crippen molar-refractivity contribution in [3.05, 3.63) is 17.6 Å². The highest BCUT2D eigenvalue weighted by atomic mass is 32.1. The SMILES string of the molecule is Cc1nncc2snc(C(C)C)c12. The zero-order valence-electron chi connectivity index (χ0n) is 7.90. The molecule has 0 saturated carbocycles. The zero-order valence-corrected chi connectivity index (χ0v) is 8.72. The van der Waals surface area contributed by atoms with Crippen molar-refractivity contribution < 1.29 is 0 Å². The van der Waals surface area contributed by atoms with E-state index >= 15 is 0 Å². The number of hydrogen-bond acceptors (Lipinski definition) is 4. The van der Waals surface area contributed by atoms with E-state index in [1.54, 1.807) is 6.20 Å². The second-order valence-electron chi connectivity index (χ2n) is 3.39. The van der Waals surface area contributed by atoms with E-state index in [2.05, 4.69) is 28.4 Å². The lowest BCUT2D eigenvalue weighted by molar-refractivity contribution is 0.846. The molecule has 0 amide bonds. The molecule has 0 spiro atoms. The Morgan fingerprint density at radius 1 is 1.38 bits per heavy atom. The molecule has 13 heavy (non-hydrogen) atoms. The van der Waals surface area contributed by atoms with Gasteiger partial charge in [0.05, 0.1) is 22.3 Å². The lowest BCUT2D eigenvalue weighted by Crippen LogP contribution is -1.91. The van der Waals surface area contributed by atoms with Gasteiger partial charge in [-0.3, -0.25) is 0 Å². The Balaban J connectivity index is 2.79. The van der Waals surface area contributed by atoms with Crippen LogP contribution in [0.3, 0.4) is 0 Å². The van der Waals surface area contributed by atoms with Crippen molar-refractivity contribution in [2.24, 2.45) is 0 Å². The third kappa shape index (κ3) is 1.31. The molecule has 4 heteroatoms. The summed E-state index contributed by atoms with van der Waals surface area (Å²) in [5.74, 6) is 0.455. The highest BCUT2D eigenvalue weighted by Crippen LogP contribution is 2.28. The van der Waals surface area contributed by atoms with Crippen LogP contribution in [0.1, 0.15) is 31.2 Å². The Kier molecular flexibility index (Phi) is 2.00. The molecule has 0 radical (unpaired) electrons. The molecule has 0 N–H and O–H groups in total. The van der Waals surface area contributed by atoms with Gasteiger partial charge in [0, 0.05) is 5.39 Å². The highest BCUT2D eigenvalue weighted by molar-refractivity contribution is 7.13. The van der Waals surface area contributed by atoms with Crippen molar-refractivity contribution in [2.75, 3.05) is 0 Å². The number of hydrogen-bond donors (Lipinski definition) is 0. The predicted molar refractivity (Wildman–Crippen MR) is 54.0 cm³/mol. The van der Waals surface area contributed by atoms with Crippen LogP contribution in [0.15, 0.2) is 6.20 Å². The first kappa shape index (κ1) is 8.56. The van der Waals surface area contributed by atoms with Gasteiger partial charge in [0.2, 0.25) is 0 Å². The van der Waals surface area contributed by atoms with Gasteiger partial charge in [-0.2, -0.15) is 14.6 Å². The molecule has 2 aromatic heterocycles.